The molecule has 0 saturated heterocycles. The molecule has 3 aromatic heterocycles. The summed E-state index contributed by atoms with van der Waals surface area (Å²) in [5, 5.41) is 1.97. The molecule has 140 valence electrons. The van der Waals surface area contributed by atoms with Crippen molar-refractivity contribution in [1.82, 2.24) is 4.98 Å². The van der Waals surface area contributed by atoms with Crippen LogP contribution in [0.25, 0.3) is 38.2 Å². The molecule has 0 aliphatic carbocycles. The van der Waals surface area contributed by atoms with Gasteiger partial charge in [-0.3, -0.25) is 0 Å². The zero-order chi connectivity index (χ0) is 20.1. The number of aromatic nitrogens is 2. The summed E-state index contributed by atoms with van der Waals surface area (Å²) in [5.41, 5.74) is 6.23. The van der Waals surface area contributed by atoms with Crippen LogP contribution in [0.1, 0.15) is 31.9 Å². The first-order chi connectivity index (χ1) is 13.3. The smallest absolute Gasteiger partial charge is 0.322 e. The van der Waals surface area contributed by atoms with E-state index in [9.17, 15) is 0 Å². The van der Waals surface area contributed by atoms with Crippen molar-refractivity contribution >= 4 is 27.9 Å². The molecule has 0 fully saturated rings. The minimum Gasteiger partial charge on any atom is -0.419 e. The molecule has 0 amide bonds. The molecule has 0 N–H and O–H groups in total. The number of furan rings is 1. The maximum Gasteiger partial charge on any atom is 0.322 e. The van der Waals surface area contributed by atoms with Crippen LogP contribution < -0.4 is 4.57 Å². The number of hydrogen-bond acceptors (Lipinski definition) is 2. The van der Waals surface area contributed by atoms with Crippen molar-refractivity contribution in [2.45, 2.75) is 34.1 Å². The van der Waals surface area contributed by atoms with Gasteiger partial charge in [-0.15, -0.1) is 0 Å². The second-order valence-corrected chi connectivity index (χ2v) is 8.64. The number of aryl methyl sites for hydroxylation is 2. The molecule has 4 heteroatoms. The van der Waals surface area contributed by atoms with Gasteiger partial charge in [0.1, 0.15) is 7.05 Å². The number of fused-ring (bicyclic) bond motifs is 3. The SMILES string of the molecule is [C-]#[N+]c1ccc2c(n1)oc1c(-c3cc(CC(C)(C)C)cc[n+]3C)c(C)ccc12. The van der Waals surface area contributed by atoms with Gasteiger partial charge in [0, 0.05) is 17.5 Å². The topological polar surface area (TPSA) is 34.3 Å². The zero-order valence-electron chi connectivity index (χ0n) is 17.0. The molecule has 0 atom stereocenters. The predicted molar refractivity (Wildman–Crippen MR) is 112 cm³/mol. The molecule has 0 aliphatic rings. The van der Waals surface area contributed by atoms with E-state index in [-0.39, 0.29) is 5.41 Å². The van der Waals surface area contributed by atoms with Gasteiger partial charge in [-0.05, 0) is 36.0 Å². The fourth-order valence-electron chi connectivity index (χ4n) is 3.77. The Labute approximate surface area is 165 Å². The third-order valence-electron chi connectivity index (χ3n) is 5.02. The van der Waals surface area contributed by atoms with E-state index in [1.54, 1.807) is 6.07 Å². The van der Waals surface area contributed by atoms with Crippen LogP contribution in [0.15, 0.2) is 47.0 Å². The lowest BCUT2D eigenvalue weighted by Gasteiger charge is -2.18. The molecule has 0 bridgehead atoms. The van der Waals surface area contributed by atoms with Gasteiger partial charge in [0.15, 0.2) is 11.8 Å². The molecule has 0 aliphatic heterocycles. The van der Waals surface area contributed by atoms with Gasteiger partial charge in [0.05, 0.1) is 10.9 Å². The van der Waals surface area contributed by atoms with Crippen molar-refractivity contribution in [2.75, 3.05) is 0 Å². The van der Waals surface area contributed by atoms with Crippen molar-refractivity contribution in [3.63, 3.8) is 0 Å². The fraction of sp³-hybridized carbons (Fsp3) is 0.292. The Hall–Kier alpha value is -3.19. The molecular weight excluding hydrogens is 346 g/mol. The van der Waals surface area contributed by atoms with Crippen LogP contribution >= 0.6 is 0 Å². The normalized spacial score (nSPS) is 11.9. The maximum absolute atomic E-state index is 7.21. The summed E-state index contributed by atoms with van der Waals surface area (Å²) in [4.78, 5) is 7.78. The van der Waals surface area contributed by atoms with Gasteiger partial charge in [-0.2, -0.15) is 0 Å². The average Bonchev–Trinajstić information content (AvgIpc) is 2.99. The van der Waals surface area contributed by atoms with Crippen LogP contribution in [-0.4, -0.2) is 4.98 Å². The molecule has 3 heterocycles. The molecule has 1 aromatic carbocycles. The molecule has 4 aromatic rings. The molecule has 4 rings (SSSR count). The van der Waals surface area contributed by atoms with Crippen LogP contribution in [0, 0.1) is 18.9 Å². The van der Waals surface area contributed by atoms with Crippen LogP contribution in [0.3, 0.4) is 0 Å². The third kappa shape index (κ3) is 3.14. The predicted octanol–water partition coefficient (Wildman–Crippen LogP) is 5.92. The van der Waals surface area contributed by atoms with Crippen molar-refractivity contribution in [1.29, 1.82) is 0 Å². The summed E-state index contributed by atoms with van der Waals surface area (Å²) >= 11 is 0. The third-order valence-corrected chi connectivity index (χ3v) is 5.02. The molecule has 28 heavy (non-hydrogen) atoms. The van der Waals surface area contributed by atoms with E-state index >= 15 is 0 Å². The number of hydrogen-bond donors (Lipinski definition) is 0. The summed E-state index contributed by atoms with van der Waals surface area (Å²) < 4.78 is 8.33. The Morgan fingerprint density at radius 1 is 1.11 bits per heavy atom. The van der Waals surface area contributed by atoms with Gasteiger partial charge in [-0.25, -0.2) is 4.57 Å². The Bertz CT molecular complexity index is 1250. The van der Waals surface area contributed by atoms with Gasteiger partial charge in [-0.1, -0.05) is 50.5 Å². The summed E-state index contributed by atoms with van der Waals surface area (Å²) in [6, 6.07) is 12.3. The van der Waals surface area contributed by atoms with E-state index in [4.69, 9.17) is 11.0 Å². The lowest BCUT2D eigenvalue weighted by atomic mass is 9.88. The Balaban J connectivity index is 1.99. The van der Waals surface area contributed by atoms with Gasteiger partial charge in [0.2, 0.25) is 5.69 Å². The fourth-order valence-corrected chi connectivity index (χ4v) is 3.77. The summed E-state index contributed by atoms with van der Waals surface area (Å²) in [6.45, 7) is 16.1. The van der Waals surface area contributed by atoms with Crippen molar-refractivity contribution < 1.29 is 8.98 Å². The minimum absolute atomic E-state index is 0.220. The van der Waals surface area contributed by atoms with Crippen LogP contribution in [0.4, 0.5) is 5.82 Å². The molecular formula is C24H24N3O+. The van der Waals surface area contributed by atoms with Crippen molar-refractivity contribution in [2.24, 2.45) is 12.5 Å². The molecule has 4 nitrogen and oxygen atoms in total. The van der Waals surface area contributed by atoms with Gasteiger partial charge in [0.25, 0.3) is 5.82 Å². The Kier molecular flexibility index (Phi) is 4.19. The van der Waals surface area contributed by atoms with Crippen molar-refractivity contribution in [3.05, 3.63) is 65.1 Å². The van der Waals surface area contributed by atoms with Crippen LogP contribution in [0.2, 0.25) is 0 Å². The summed E-state index contributed by atoms with van der Waals surface area (Å²) in [6.07, 6.45) is 3.12. The Morgan fingerprint density at radius 2 is 1.86 bits per heavy atom. The quantitative estimate of drug-likeness (QED) is 0.324. The standard InChI is InChI=1S/C24H24N3O/c1-15-7-8-17-18-9-10-20(25-5)26-23(18)28-22(17)21(15)19-13-16(11-12-27(19)6)14-24(2,3)4/h7-13H,14H2,1-4,6H3/q+1. The number of benzene rings is 1. The number of pyridine rings is 2. The lowest BCUT2D eigenvalue weighted by Crippen LogP contribution is -2.31. The van der Waals surface area contributed by atoms with Gasteiger partial charge < -0.3 is 9.26 Å². The zero-order valence-corrected chi connectivity index (χ0v) is 17.0. The first-order valence-corrected chi connectivity index (χ1v) is 9.46. The molecule has 0 radical (unpaired) electrons. The number of nitrogens with zero attached hydrogens (tertiary/aromatic N) is 3. The highest BCUT2D eigenvalue weighted by molar-refractivity contribution is 6.09. The summed E-state index contributed by atoms with van der Waals surface area (Å²) in [7, 11) is 2.06. The molecule has 0 unspecified atom stereocenters. The van der Waals surface area contributed by atoms with Crippen molar-refractivity contribution in [3.8, 4) is 11.3 Å². The summed E-state index contributed by atoms with van der Waals surface area (Å²) in [5.74, 6) is 0.350. The Morgan fingerprint density at radius 3 is 2.57 bits per heavy atom. The van der Waals surface area contributed by atoms with Crippen LogP contribution in [-0.2, 0) is 13.5 Å². The van der Waals surface area contributed by atoms with E-state index < -0.39 is 0 Å². The first-order valence-electron chi connectivity index (χ1n) is 9.46. The van der Waals surface area contributed by atoms with E-state index in [1.807, 2.05) is 6.07 Å². The minimum atomic E-state index is 0.220. The van der Waals surface area contributed by atoms with Gasteiger partial charge >= 0.3 is 5.71 Å². The highest BCUT2D eigenvalue weighted by atomic mass is 16.3. The molecule has 0 saturated carbocycles. The second kappa shape index (κ2) is 6.45. The highest BCUT2D eigenvalue weighted by Gasteiger charge is 2.23. The van der Waals surface area contributed by atoms with E-state index in [1.165, 1.54) is 5.56 Å². The lowest BCUT2D eigenvalue weighted by molar-refractivity contribution is -0.660. The average molecular weight is 370 g/mol. The monoisotopic (exact) mass is 370 g/mol. The maximum atomic E-state index is 7.21. The number of rotatable bonds is 2. The molecule has 0 spiro atoms. The van der Waals surface area contributed by atoms with Crippen LogP contribution in [0.5, 0.6) is 0 Å². The second-order valence-electron chi connectivity index (χ2n) is 8.64. The first kappa shape index (κ1) is 18.2. The highest BCUT2D eigenvalue weighted by Crippen LogP contribution is 2.37. The van der Waals surface area contributed by atoms with E-state index in [0.717, 1.165) is 39.6 Å². The van der Waals surface area contributed by atoms with E-state index in [0.29, 0.717) is 11.5 Å². The largest absolute Gasteiger partial charge is 0.419 e. The van der Waals surface area contributed by atoms with E-state index in [2.05, 4.69) is 79.6 Å².